The molecule has 0 radical (unpaired) electrons. The third-order valence-electron chi connectivity index (χ3n) is 12.4. The lowest BCUT2D eigenvalue weighted by Gasteiger charge is -2.18. The highest BCUT2D eigenvalue weighted by atomic mass is 15.0. The van der Waals surface area contributed by atoms with Crippen LogP contribution in [-0.2, 0) is 25.5 Å². The van der Waals surface area contributed by atoms with Gasteiger partial charge < -0.3 is 0 Å². The number of hydrogen-bond donors (Lipinski definition) is 0. The third kappa shape index (κ3) is 8.02. The smallest absolute Gasteiger partial charge is 0.110 e. The molecular weight excluding hydrogens is 839 g/mol. The van der Waals surface area contributed by atoms with E-state index in [9.17, 15) is 11.0 Å². The second kappa shape index (κ2) is 17.9. The number of aryl methyl sites for hydroxylation is 6. The van der Waals surface area contributed by atoms with Crippen molar-refractivity contribution in [3.63, 3.8) is 0 Å². The lowest BCUT2D eigenvalue weighted by atomic mass is 9.89. The maximum absolute atomic E-state index is 9.75. The molecule has 0 saturated heterocycles. The van der Waals surface area contributed by atoms with E-state index in [2.05, 4.69) is 15.0 Å². The monoisotopic (exact) mass is 901 g/mol. The number of benzene rings is 7. The SMILES string of the molecule is [2H]C([2H])([2H])c1nc(C([2H])([2H])[2H])n2c3cc(-c4ccccc4-c4cc(C([2H])([2H])C([2H])([2H])c5ccc(-c6ccccn6)cc5)cc(C([2H])([2H])C([2H])([2H])c5ccc(-c6ccccn6)cc5)c4)ccc3c3nc4ccccc4c(-c4ccccc4)c3c12. The molecule has 0 bridgehead atoms. The predicted molar refractivity (Wildman–Crippen MR) is 285 cm³/mol. The molecule has 0 aliphatic rings. The van der Waals surface area contributed by atoms with Crippen LogP contribution < -0.4 is 0 Å². The van der Waals surface area contributed by atoms with Crippen LogP contribution in [0, 0.1) is 13.7 Å². The van der Waals surface area contributed by atoms with Crippen LogP contribution in [0.4, 0.5) is 0 Å². The first-order valence-corrected chi connectivity index (χ1v) is 22.5. The average Bonchev–Trinajstić information content (AvgIpc) is 2.00. The number of hydrogen-bond acceptors (Lipinski definition) is 4. The van der Waals surface area contributed by atoms with Crippen LogP contribution in [0.5, 0.6) is 0 Å². The Morgan fingerprint density at radius 3 is 1.65 bits per heavy atom. The molecule has 5 heteroatoms. The molecule has 0 amide bonds. The van der Waals surface area contributed by atoms with Crippen LogP contribution in [0.25, 0.3) is 94.1 Å². The normalized spacial score (nSPS) is 15.8. The Morgan fingerprint density at radius 1 is 0.449 bits per heavy atom. The Bertz CT molecular complexity index is 4330. The van der Waals surface area contributed by atoms with Gasteiger partial charge in [-0.3, -0.25) is 14.4 Å². The highest BCUT2D eigenvalue weighted by Gasteiger charge is 2.22. The van der Waals surface area contributed by atoms with Crippen LogP contribution in [0.15, 0.2) is 213 Å². The predicted octanol–water partition coefficient (Wildman–Crippen LogP) is 15.5. The van der Waals surface area contributed by atoms with Gasteiger partial charge in [0.15, 0.2) is 0 Å². The summed E-state index contributed by atoms with van der Waals surface area (Å²) in [5.74, 6) is -0.480. The molecule has 5 nitrogen and oxygen atoms in total. The molecule has 5 aromatic heterocycles. The summed E-state index contributed by atoms with van der Waals surface area (Å²) in [6, 6.07) is 56.7. The first-order chi connectivity index (χ1) is 39.5. The van der Waals surface area contributed by atoms with Crippen LogP contribution in [0.1, 0.15) is 53.0 Å². The fourth-order valence-electron chi connectivity index (χ4n) is 9.23. The molecule has 12 aromatic rings. The van der Waals surface area contributed by atoms with E-state index < -0.39 is 50.7 Å². The van der Waals surface area contributed by atoms with Gasteiger partial charge in [0.25, 0.3) is 0 Å². The van der Waals surface area contributed by atoms with Crippen LogP contribution in [-0.4, -0.2) is 24.3 Å². The van der Waals surface area contributed by atoms with E-state index >= 15 is 0 Å². The topological polar surface area (TPSA) is 56.0 Å². The summed E-state index contributed by atoms with van der Waals surface area (Å²) in [6.07, 6.45) is -8.05. The molecule has 5 heterocycles. The zero-order valence-corrected chi connectivity index (χ0v) is 36.9. The van der Waals surface area contributed by atoms with E-state index in [4.69, 9.17) is 13.2 Å². The number of nitrogens with zero attached hydrogens (tertiary/aromatic N) is 5. The van der Waals surface area contributed by atoms with Gasteiger partial charge in [-0.2, -0.15) is 0 Å². The van der Waals surface area contributed by atoms with E-state index in [-0.39, 0.29) is 38.9 Å². The van der Waals surface area contributed by atoms with Gasteiger partial charge in [0.05, 0.1) is 39.1 Å². The first-order valence-electron chi connectivity index (χ1n) is 29.5. The first kappa shape index (κ1) is 29.3. The molecule has 0 aliphatic carbocycles. The van der Waals surface area contributed by atoms with Crippen LogP contribution in [0.3, 0.4) is 0 Å². The van der Waals surface area contributed by atoms with Crippen molar-refractivity contribution in [3.05, 3.63) is 246 Å². The van der Waals surface area contributed by atoms with Crippen molar-refractivity contribution in [3.8, 4) is 55.9 Å². The van der Waals surface area contributed by atoms with Gasteiger partial charge >= 0.3 is 0 Å². The van der Waals surface area contributed by atoms with Gasteiger partial charge in [0, 0.05) is 64.4 Å². The summed E-state index contributed by atoms with van der Waals surface area (Å²) in [5.41, 5.74) is 5.91. The molecule has 0 unspecified atom stereocenters. The van der Waals surface area contributed by atoms with Gasteiger partial charge in [-0.1, -0.05) is 164 Å². The van der Waals surface area contributed by atoms with E-state index in [1.165, 1.54) is 46.9 Å². The van der Waals surface area contributed by atoms with Gasteiger partial charge in [0.2, 0.25) is 0 Å². The molecule has 0 saturated carbocycles. The third-order valence-corrected chi connectivity index (χ3v) is 12.4. The minimum Gasteiger partial charge on any atom is -0.295 e. The van der Waals surface area contributed by atoms with E-state index in [1.807, 2.05) is 72.8 Å². The van der Waals surface area contributed by atoms with Crippen molar-refractivity contribution in [2.45, 2.75) is 39.2 Å². The van der Waals surface area contributed by atoms with Crippen molar-refractivity contribution in [1.29, 1.82) is 0 Å². The minimum absolute atomic E-state index is 0.00757. The fourth-order valence-corrected chi connectivity index (χ4v) is 9.23. The average molecular weight is 902 g/mol. The molecule has 0 aliphatic heterocycles. The van der Waals surface area contributed by atoms with Crippen molar-refractivity contribution in [2.75, 3.05) is 0 Å². The van der Waals surface area contributed by atoms with Crippen molar-refractivity contribution < 1.29 is 19.2 Å². The number of imidazole rings is 1. The molecule has 0 fully saturated rings. The van der Waals surface area contributed by atoms with Gasteiger partial charge in [-0.05, 0) is 126 Å². The number of pyridine rings is 4. The van der Waals surface area contributed by atoms with Gasteiger partial charge in [-0.15, -0.1) is 0 Å². The zero-order valence-electron chi connectivity index (χ0n) is 50.9. The maximum atomic E-state index is 9.75. The van der Waals surface area contributed by atoms with Gasteiger partial charge in [0.1, 0.15) is 5.82 Å². The Balaban J connectivity index is 1.08. The summed E-state index contributed by atoms with van der Waals surface area (Å²) in [7, 11) is 0. The molecule has 69 heavy (non-hydrogen) atoms. The number of aromatic nitrogens is 5. The Morgan fingerprint density at radius 2 is 1.03 bits per heavy atom. The maximum Gasteiger partial charge on any atom is 0.110 e. The molecule has 0 atom stereocenters. The number of rotatable bonds is 11. The molecule has 0 spiro atoms. The summed E-state index contributed by atoms with van der Waals surface area (Å²) < 4.78 is 132. The molecule has 330 valence electrons. The zero-order chi connectivity index (χ0) is 58.4. The Labute approximate surface area is 422 Å². The summed E-state index contributed by atoms with van der Waals surface area (Å²) in [4.78, 5) is 18.5. The molecule has 0 N–H and O–H groups in total. The second-order valence-corrected chi connectivity index (χ2v) is 16.7. The Hall–Kier alpha value is -8.54. The summed E-state index contributed by atoms with van der Waals surface area (Å²) >= 11 is 0. The highest BCUT2D eigenvalue weighted by molar-refractivity contribution is 6.22. The summed E-state index contributed by atoms with van der Waals surface area (Å²) in [6.45, 7) is -5.82. The van der Waals surface area contributed by atoms with Crippen molar-refractivity contribution in [1.82, 2.24) is 24.3 Å². The lowest BCUT2D eigenvalue weighted by Crippen LogP contribution is -1.99. The van der Waals surface area contributed by atoms with Crippen LogP contribution >= 0.6 is 0 Å². The molecule has 7 aromatic carbocycles. The fraction of sp³-hybridized carbons (Fsp3) is 0.0938. The van der Waals surface area contributed by atoms with E-state index in [0.29, 0.717) is 72.0 Å². The van der Waals surface area contributed by atoms with Crippen molar-refractivity contribution in [2.24, 2.45) is 0 Å². The minimum atomic E-state index is -2.93. The standard InChI is InChI=1S/C64H49N5/c1-42-64-62-61(50-14-4-3-5-15-50)55-18-8-9-21-59(55)68-63(62)56-35-34-51(41-60(56)69(64)43(2)67-42)53-16-6-7-17-54(53)52-39-46(24-22-44-26-30-48(31-27-44)57-19-10-12-36-65-57)38-47(40-52)25-23-45-28-32-49(33-29-45)58-20-11-13-37-66-58/h3-21,26-41H,22-25H2,1-2H3/i1D3,2D3,22D2,23D2,24D2,25D2. The second-order valence-electron chi connectivity index (χ2n) is 16.7. The van der Waals surface area contributed by atoms with Gasteiger partial charge in [-0.25, -0.2) is 9.97 Å². The number of para-hydroxylation sites is 1. The lowest BCUT2D eigenvalue weighted by molar-refractivity contribution is 0.931. The molecule has 12 rings (SSSR count). The Kier molecular flexibility index (Phi) is 7.61. The largest absolute Gasteiger partial charge is 0.295 e. The molecular formula is C64H49N5. The number of fused-ring (bicyclic) bond motifs is 7. The van der Waals surface area contributed by atoms with Crippen LogP contribution in [0.2, 0.25) is 0 Å². The van der Waals surface area contributed by atoms with E-state index in [1.54, 1.807) is 97.3 Å². The van der Waals surface area contributed by atoms with E-state index in [0.717, 1.165) is 5.56 Å². The summed E-state index contributed by atoms with van der Waals surface area (Å²) in [5, 5.41) is 1.58. The quantitative estimate of drug-likeness (QED) is 0.0958. The van der Waals surface area contributed by atoms with Crippen molar-refractivity contribution >= 4 is 38.2 Å². The highest BCUT2D eigenvalue weighted by Crippen LogP contribution is 2.43.